The molecule has 1 heterocycles. The number of hydrogen-bond acceptors (Lipinski definition) is 2. The van der Waals surface area contributed by atoms with E-state index in [0.29, 0.717) is 0 Å². The van der Waals surface area contributed by atoms with Gasteiger partial charge in [-0.2, -0.15) is 0 Å². The van der Waals surface area contributed by atoms with Crippen LogP contribution in [0.4, 0.5) is 0 Å². The Balaban J connectivity index is 1.90. The maximum Gasteiger partial charge on any atom is 0.0594 e. The standard InChI is InChI=1S/C19H39NO/c1-3-5-6-7-8-9-10-11-12-13-14-19(4-2)20-15-17-21-18-16-20/h19H,3-18H2,1-2H3. The number of unbranched alkanes of at least 4 members (excludes halogenated alkanes) is 9. The summed E-state index contributed by atoms with van der Waals surface area (Å²) < 4.78 is 5.46. The van der Waals surface area contributed by atoms with E-state index >= 15 is 0 Å². The Kier molecular flexibility index (Phi) is 12.3. The Hall–Kier alpha value is -0.0800. The molecular weight excluding hydrogens is 258 g/mol. The summed E-state index contributed by atoms with van der Waals surface area (Å²) in [6.07, 6.45) is 17.1. The third-order valence-corrected chi connectivity index (χ3v) is 4.92. The van der Waals surface area contributed by atoms with Gasteiger partial charge in [-0.25, -0.2) is 0 Å². The molecule has 0 aliphatic carbocycles. The fourth-order valence-electron chi connectivity index (χ4n) is 3.45. The Morgan fingerprint density at radius 3 is 1.81 bits per heavy atom. The summed E-state index contributed by atoms with van der Waals surface area (Å²) in [7, 11) is 0. The summed E-state index contributed by atoms with van der Waals surface area (Å²) in [4.78, 5) is 2.65. The number of ether oxygens (including phenoxy) is 1. The average molecular weight is 298 g/mol. The van der Waals surface area contributed by atoms with E-state index < -0.39 is 0 Å². The zero-order valence-electron chi connectivity index (χ0n) is 14.7. The van der Waals surface area contributed by atoms with Crippen LogP contribution in [-0.2, 0) is 4.74 Å². The molecule has 1 unspecified atom stereocenters. The number of hydrogen-bond donors (Lipinski definition) is 0. The highest BCUT2D eigenvalue weighted by Crippen LogP contribution is 2.16. The molecule has 1 atom stereocenters. The van der Waals surface area contributed by atoms with Crippen LogP contribution in [0.2, 0.25) is 0 Å². The Morgan fingerprint density at radius 2 is 1.29 bits per heavy atom. The van der Waals surface area contributed by atoms with E-state index in [2.05, 4.69) is 18.7 Å². The highest BCUT2D eigenvalue weighted by molar-refractivity contribution is 4.72. The third-order valence-electron chi connectivity index (χ3n) is 4.92. The summed E-state index contributed by atoms with van der Waals surface area (Å²) >= 11 is 0. The van der Waals surface area contributed by atoms with Crippen LogP contribution in [0.1, 0.15) is 90.9 Å². The van der Waals surface area contributed by atoms with Crippen molar-refractivity contribution in [2.24, 2.45) is 0 Å². The van der Waals surface area contributed by atoms with Gasteiger partial charge in [-0.3, -0.25) is 4.90 Å². The minimum absolute atomic E-state index is 0.808. The molecule has 1 aliphatic heterocycles. The molecule has 1 aliphatic rings. The molecule has 1 rings (SSSR count). The lowest BCUT2D eigenvalue weighted by molar-refractivity contribution is 0.0134. The van der Waals surface area contributed by atoms with Gasteiger partial charge in [0.2, 0.25) is 0 Å². The average Bonchev–Trinajstić information content (AvgIpc) is 2.54. The first-order chi connectivity index (χ1) is 10.4. The Bertz CT molecular complexity index is 214. The van der Waals surface area contributed by atoms with Crippen LogP contribution in [0.15, 0.2) is 0 Å². The van der Waals surface area contributed by atoms with E-state index in [-0.39, 0.29) is 0 Å². The molecule has 2 heteroatoms. The van der Waals surface area contributed by atoms with Crippen molar-refractivity contribution in [1.82, 2.24) is 4.90 Å². The molecule has 1 saturated heterocycles. The van der Waals surface area contributed by atoms with E-state index in [1.165, 1.54) is 77.0 Å². The van der Waals surface area contributed by atoms with Crippen LogP contribution in [0.3, 0.4) is 0 Å². The first-order valence-corrected chi connectivity index (χ1v) is 9.70. The first kappa shape index (κ1) is 19.0. The third kappa shape index (κ3) is 9.52. The quantitative estimate of drug-likeness (QED) is 0.422. The second-order valence-electron chi connectivity index (χ2n) is 6.68. The van der Waals surface area contributed by atoms with Gasteiger partial charge in [0.05, 0.1) is 13.2 Å². The number of rotatable bonds is 13. The zero-order valence-corrected chi connectivity index (χ0v) is 14.7. The largest absolute Gasteiger partial charge is 0.379 e. The van der Waals surface area contributed by atoms with Gasteiger partial charge < -0.3 is 4.74 Å². The highest BCUT2D eigenvalue weighted by Gasteiger charge is 2.18. The van der Waals surface area contributed by atoms with Crippen LogP contribution in [0, 0.1) is 0 Å². The van der Waals surface area contributed by atoms with Gasteiger partial charge in [0.15, 0.2) is 0 Å². The van der Waals surface area contributed by atoms with Crippen LogP contribution in [0.5, 0.6) is 0 Å². The van der Waals surface area contributed by atoms with Crippen LogP contribution in [0.25, 0.3) is 0 Å². The summed E-state index contributed by atoms with van der Waals surface area (Å²) in [5.41, 5.74) is 0. The molecule has 0 aromatic rings. The minimum Gasteiger partial charge on any atom is -0.379 e. The van der Waals surface area contributed by atoms with Gasteiger partial charge in [0, 0.05) is 19.1 Å². The predicted octanol–water partition coefficient (Wildman–Crippen LogP) is 5.41. The van der Waals surface area contributed by atoms with Crippen molar-refractivity contribution < 1.29 is 4.74 Å². The van der Waals surface area contributed by atoms with Gasteiger partial charge in [-0.1, -0.05) is 78.1 Å². The SMILES string of the molecule is CCCCCCCCCCCCC(CC)N1CCOCC1. The lowest BCUT2D eigenvalue weighted by atomic mass is 10.0. The smallest absolute Gasteiger partial charge is 0.0594 e. The van der Waals surface area contributed by atoms with Crippen molar-refractivity contribution in [3.8, 4) is 0 Å². The topological polar surface area (TPSA) is 12.5 Å². The fourth-order valence-corrected chi connectivity index (χ4v) is 3.45. The summed E-state index contributed by atoms with van der Waals surface area (Å²) in [5.74, 6) is 0. The minimum atomic E-state index is 0.808. The van der Waals surface area contributed by atoms with Crippen molar-refractivity contribution >= 4 is 0 Å². The molecule has 0 saturated carbocycles. The Labute approximate surface area is 133 Å². The molecule has 0 radical (unpaired) electrons. The van der Waals surface area contributed by atoms with Gasteiger partial charge in [-0.05, 0) is 12.8 Å². The molecule has 0 N–H and O–H groups in total. The van der Waals surface area contributed by atoms with E-state index in [0.717, 1.165) is 32.3 Å². The van der Waals surface area contributed by atoms with Crippen molar-refractivity contribution in [2.75, 3.05) is 26.3 Å². The van der Waals surface area contributed by atoms with E-state index in [9.17, 15) is 0 Å². The fraction of sp³-hybridized carbons (Fsp3) is 1.00. The van der Waals surface area contributed by atoms with Gasteiger partial charge in [-0.15, -0.1) is 0 Å². The molecule has 126 valence electrons. The van der Waals surface area contributed by atoms with E-state index in [1.54, 1.807) is 0 Å². The molecular formula is C19H39NO. The maximum atomic E-state index is 5.46. The van der Waals surface area contributed by atoms with Crippen molar-refractivity contribution in [2.45, 2.75) is 96.9 Å². The van der Waals surface area contributed by atoms with Crippen molar-refractivity contribution in [1.29, 1.82) is 0 Å². The van der Waals surface area contributed by atoms with Crippen molar-refractivity contribution in [3.05, 3.63) is 0 Å². The van der Waals surface area contributed by atoms with Gasteiger partial charge in [0.1, 0.15) is 0 Å². The lowest BCUT2D eigenvalue weighted by Gasteiger charge is -2.34. The molecule has 0 amide bonds. The number of nitrogens with zero attached hydrogens (tertiary/aromatic N) is 1. The predicted molar refractivity (Wildman–Crippen MR) is 92.9 cm³/mol. The van der Waals surface area contributed by atoms with Gasteiger partial charge >= 0.3 is 0 Å². The van der Waals surface area contributed by atoms with Crippen LogP contribution < -0.4 is 0 Å². The molecule has 0 spiro atoms. The summed E-state index contributed by atoms with van der Waals surface area (Å²) in [6.45, 7) is 8.81. The summed E-state index contributed by atoms with van der Waals surface area (Å²) in [5, 5.41) is 0. The zero-order chi connectivity index (χ0) is 15.2. The lowest BCUT2D eigenvalue weighted by Crippen LogP contribution is -2.43. The molecule has 2 nitrogen and oxygen atoms in total. The maximum absolute atomic E-state index is 5.46. The summed E-state index contributed by atoms with van der Waals surface area (Å²) in [6, 6.07) is 0.808. The number of morpholine rings is 1. The van der Waals surface area contributed by atoms with Gasteiger partial charge in [0.25, 0.3) is 0 Å². The molecule has 0 aromatic carbocycles. The molecule has 1 fully saturated rings. The van der Waals surface area contributed by atoms with E-state index in [4.69, 9.17) is 4.74 Å². The molecule has 0 bridgehead atoms. The normalized spacial score (nSPS) is 18.0. The van der Waals surface area contributed by atoms with E-state index in [1.807, 2.05) is 0 Å². The second kappa shape index (κ2) is 13.6. The van der Waals surface area contributed by atoms with Crippen molar-refractivity contribution in [3.63, 3.8) is 0 Å². The Morgan fingerprint density at radius 1 is 0.762 bits per heavy atom. The monoisotopic (exact) mass is 297 g/mol. The highest BCUT2D eigenvalue weighted by atomic mass is 16.5. The van der Waals surface area contributed by atoms with Crippen LogP contribution >= 0.6 is 0 Å². The second-order valence-corrected chi connectivity index (χ2v) is 6.68. The van der Waals surface area contributed by atoms with Crippen LogP contribution in [-0.4, -0.2) is 37.2 Å². The molecule has 21 heavy (non-hydrogen) atoms. The molecule has 0 aromatic heterocycles. The first-order valence-electron chi connectivity index (χ1n) is 9.70.